The number of rotatable bonds is 5. The number of ether oxygens (including phenoxy) is 8. The Hall–Kier alpha value is -6.80. The number of aryl methyl sites for hydroxylation is 1. The fraction of sp³-hybridized carbons (Fsp3) is 0.466. The fourth-order valence-corrected chi connectivity index (χ4v) is 15.3. The SMILES string of the molecule is Brc1ccc2c(c1)OC1(CCN(C3CCC3)CC1)OC2.Brc1ccc2c(c1)OC1(CCNCC1)OC2.C.CC(C)(C)OC(=O)N1CCC(=O)CC1.CC(C)(C)OC(=O)N1CCC2(CC1)OCc1ccc(Br)cc1O2.Cc1ccc(S(=O)(=O)O)cc1.O=C(O)c1ccc(Br)cc1O.O=C1CCC1.OCc1ccc(Br)cc1O.OCc1ccc(Br)cc1O. The van der Waals surface area contributed by atoms with Crippen molar-refractivity contribution in [2.24, 2.45) is 0 Å². The summed E-state index contributed by atoms with van der Waals surface area (Å²) in [5, 5.41) is 56.3. The van der Waals surface area contributed by atoms with Gasteiger partial charge in [-0.25, -0.2) is 14.4 Å². The van der Waals surface area contributed by atoms with Crippen molar-refractivity contribution in [3.63, 3.8) is 0 Å². The van der Waals surface area contributed by atoms with Crippen LogP contribution in [0.25, 0.3) is 0 Å². The number of aromatic hydroxyl groups is 3. The van der Waals surface area contributed by atoms with E-state index in [4.69, 9.17) is 73.1 Å². The zero-order valence-electron chi connectivity index (χ0n) is 68.1. The van der Waals surface area contributed by atoms with Gasteiger partial charge in [-0.2, -0.15) is 8.42 Å². The Balaban J connectivity index is 0.000000192. The minimum atomic E-state index is -4.02. The number of nitrogens with zero attached hydrogens (tertiary/aromatic N) is 3. The van der Waals surface area contributed by atoms with E-state index in [0.717, 1.165) is 139 Å². The van der Waals surface area contributed by atoms with Crippen LogP contribution in [-0.2, 0) is 76.4 Å². The average molecular weight is 2090 g/mol. The van der Waals surface area contributed by atoms with Gasteiger partial charge in [0.25, 0.3) is 10.1 Å². The lowest BCUT2D eigenvalue weighted by Crippen LogP contribution is -2.54. The molecular weight excluding hydrogens is 1980 g/mol. The average Bonchev–Trinajstić information content (AvgIpc) is 0.791. The van der Waals surface area contributed by atoms with Gasteiger partial charge < -0.3 is 83.7 Å². The molecule has 0 atom stereocenters. The maximum atomic E-state index is 12.1. The summed E-state index contributed by atoms with van der Waals surface area (Å²) in [4.78, 5) is 60.7. The lowest BCUT2D eigenvalue weighted by atomic mass is 9.89. The van der Waals surface area contributed by atoms with Crippen molar-refractivity contribution in [1.29, 1.82) is 0 Å². The molecule has 7 aliphatic heterocycles. The van der Waals surface area contributed by atoms with E-state index in [2.05, 4.69) is 118 Å². The van der Waals surface area contributed by atoms with Crippen LogP contribution >= 0.6 is 95.6 Å². The zero-order chi connectivity index (χ0) is 87.8. The lowest BCUT2D eigenvalue weighted by molar-refractivity contribution is -0.231. The summed E-state index contributed by atoms with van der Waals surface area (Å²) >= 11 is 19.9. The van der Waals surface area contributed by atoms with E-state index in [9.17, 15) is 32.4 Å². The molecule has 2 amide bonds. The first-order valence-electron chi connectivity index (χ1n) is 39.4. The predicted octanol–water partition coefficient (Wildman–Crippen LogP) is 19.6. The number of phenols is 3. The van der Waals surface area contributed by atoms with Crippen LogP contribution in [-0.4, -0.2) is 175 Å². The number of aromatic carboxylic acids is 1. The summed E-state index contributed by atoms with van der Waals surface area (Å²) in [6, 6.07) is 39.3. The monoisotopic (exact) mass is 2080 g/mol. The van der Waals surface area contributed by atoms with Crippen molar-refractivity contribution in [3.8, 4) is 34.5 Å². The largest absolute Gasteiger partial charge is 0.508 e. The van der Waals surface area contributed by atoms with E-state index in [-0.39, 0.29) is 77.9 Å². The third-order valence-corrected chi connectivity index (χ3v) is 23.8. The van der Waals surface area contributed by atoms with E-state index >= 15 is 0 Å². The standard InChI is InChI=1S/C17H22BrNO4.C16H20BrNO2.C12H14BrNO2.C10H17NO3.C7H5BrO3.2C7H7BrO2.C7H8O3S.C4H6O.CH4/c1-16(2,3)23-15(20)19-8-6-17(7-9-19)21-11-12-4-5-13(18)10-14(12)22-17;17-13-5-4-12-11-19-16(20-15(12)10-13)6-8-18(9-7-16)14-2-1-3-14;13-10-2-1-9-8-15-12(16-11(9)7-10)3-5-14-6-4-12;1-10(2,3)14-9(13)11-6-4-8(12)5-7-11;8-4-1-2-5(7(10)11)6(9)3-4;2*8-6-2-1-5(4-9)7(10)3-6;1-6-2-4-7(5-3-6)11(8,9)10;5-4-2-1-3-4;/h4-5,10H,6-9,11H2,1-3H3;4-5,10,14H,1-3,6-9,11H2;1-2,7,14H,3-6,8H2;4-7H2,1-3H3;1-3,9H,(H,10,11);2*1-3,9-10H,4H2;2-5H,1H3,(H,8,9,10);1-3H2;1H4. The van der Waals surface area contributed by atoms with Gasteiger partial charge >= 0.3 is 18.2 Å². The van der Waals surface area contributed by atoms with Crippen LogP contribution in [0.2, 0.25) is 0 Å². The van der Waals surface area contributed by atoms with Crippen LogP contribution in [0.3, 0.4) is 0 Å². The molecule has 7 heterocycles. The summed E-state index contributed by atoms with van der Waals surface area (Å²) in [7, 11) is -4.02. The minimum absolute atomic E-state index is 0. The number of fused-ring (bicyclic) bond motifs is 3. The van der Waals surface area contributed by atoms with Crippen molar-refractivity contribution in [2.45, 2.75) is 218 Å². The Morgan fingerprint density at radius 2 is 0.835 bits per heavy atom. The molecule has 0 bridgehead atoms. The predicted molar refractivity (Wildman–Crippen MR) is 479 cm³/mol. The number of aliphatic hydroxyl groups is 2. The molecule has 0 unspecified atom stereocenters. The van der Waals surface area contributed by atoms with Gasteiger partial charge in [0.2, 0.25) is 17.4 Å². The van der Waals surface area contributed by atoms with E-state index in [0.29, 0.717) is 93.1 Å². The highest BCUT2D eigenvalue weighted by Gasteiger charge is 2.45. The Morgan fingerprint density at radius 3 is 1.17 bits per heavy atom. The van der Waals surface area contributed by atoms with E-state index < -0.39 is 33.1 Å². The molecule has 662 valence electrons. The lowest BCUT2D eigenvalue weighted by Gasteiger charge is -2.47. The zero-order valence-corrected chi connectivity index (χ0v) is 78.5. The second-order valence-electron chi connectivity index (χ2n) is 31.5. The first kappa shape index (κ1) is 101. The maximum Gasteiger partial charge on any atom is 0.410 e. The smallest absolute Gasteiger partial charge is 0.410 e. The number of aliphatic hydroxyl groups excluding tert-OH is 2. The number of carbonyl (C=O) groups excluding carboxylic acids is 4. The number of carbonyl (C=O) groups is 5. The number of amides is 2. The Morgan fingerprint density at radius 1 is 0.488 bits per heavy atom. The van der Waals surface area contributed by atoms with E-state index in [1.807, 2.05) is 90.9 Å². The molecule has 33 heteroatoms. The Labute approximate surface area is 759 Å². The molecule has 16 rings (SSSR count). The molecule has 9 aliphatic rings. The van der Waals surface area contributed by atoms with Crippen molar-refractivity contribution in [3.05, 3.63) is 199 Å². The van der Waals surface area contributed by atoms with Gasteiger partial charge in [-0.05, 0) is 159 Å². The molecule has 26 nitrogen and oxygen atoms in total. The topological polar surface area (TPSA) is 357 Å². The summed E-state index contributed by atoms with van der Waals surface area (Å²) in [6.45, 7) is 20.8. The molecule has 7 aromatic rings. The first-order valence-corrected chi connectivity index (χ1v) is 45.5. The summed E-state index contributed by atoms with van der Waals surface area (Å²) < 4.78 is 81.9. The fourth-order valence-electron chi connectivity index (χ4n) is 12.8. The Bertz CT molecular complexity index is 4650. The molecule has 8 N–H and O–H groups in total. The van der Waals surface area contributed by atoms with Crippen molar-refractivity contribution >= 4 is 135 Å². The molecule has 4 saturated heterocycles. The van der Waals surface area contributed by atoms with Gasteiger partial charge in [-0.3, -0.25) is 19.0 Å². The third kappa shape index (κ3) is 32.9. The molecule has 3 spiro atoms. The van der Waals surface area contributed by atoms with Crippen LogP contribution in [0.5, 0.6) is 34.5 Å². The number of carboxylic acid groups (broad SMARTS) is 1. The number of halogens is 6. The van der Waals surface area contributed by atoms with Crippen molar-refractivity contribution < 1.29 is 105 Å². The number of piperidine rings is 4. The van der Waals surface area contributed by atoms with Gasteiger partial charge in [0.05, 0.1) is 37.9 Å². The van der Waals surface area contributed by atoms with Crippen LogP contribution in [0.15, 0.2) is 165 Å². The quantitative estimate of drug-likeness (QED) is 0.0742. The number of hydrogen-bond donors (Lipinski definition) is 8. The van der Waals surface area contributed by atoms with Crippen LogP contribution in [0, 0.1) is 6.92 Å². The van der Waals surface area contributed by atoms with Gasteiger partial charge in [-0.1, -0.05) is 157 Å². The van der Waals surface area contributed by atoms with Gasteiger partial charge in [0, 0.05) is 177 Å². The molecule has 7 aromatic carbocycles. The highest BCUT2D eigenvalue weighted by Crippen LogP contribution is 2.43. The van der Waals surface area contributed by atoms with Crippen LogP contribution in [0.1, 0.15) is 183 Å². The molecule has 6 fully saturated rings. The number of nitrogens with one attached hydrogen (secondary N) is 1. The molecule has 2 aliphatic carbocycles. The maximum absolute atomic E-state index is 12.1. The first-order chi connectivity index (χ1) is 56.6. The summed E-state index contributed by atoms with van der Waals surface area (Å²) in [6.07, 6.45) is 12.4. The van der Waals surface area contributed by atoms with Crippen LogP contribution in [0.4, 0.5) is 9.59 Å². The van der Waals surface area contributed by atoms with Gasteiger partial charge in [0.1, 0.15) is 62.8 Å². The Kier molecular flexibility index (Phi) is 39.3. The number of carboxylic acids is 1. The highest BCUT2D eigenvalue weighted by molar-refractivity contribution is 9.11. The normalized spacial score (nSPS) is 17.6. The highest BCUT2D eigenvalue weighted by atomic mass is 79.9. The number of hydrogen-bond acceptors (Lipinski definition) is 22. The number of Topliss-reactive ketones (excluding diaryl/α,β-unsaturated/α-hetero) is 2. The van der Waals surface area contributed by atoms with Gasteiger partial charge in [-0.15, -0.1) is 0 Å². The van der Waals surface area contributed by atoms with Gasteiger partial charge in [0.15, 0.2) is 0 Å². The number of ketones is 2. The minimum Gasteiger partial charge on any atom is -0.508 e. The summed E-state index contributed by atoms with van der Waals surface area (Å²) in [5.41, 5.74) is 4.35. The second kappa shape index (κ2) is 47.0. The van der Waals surface area contributed by atoms with Crippen molar-refractivity contribution in [1.82, 2.24) is 20.0 Å². The van der Waals surface area contributed by atoms with E-state index in [1.165, 1.54) is 43.5 Å². The molecule has 0 radical (unpaired) electrons. The molecule has 121 heavy (non-hydrogen) atoms. The van der Waals surface area contributed by atoms with Crippen LogP contribution < -0.4 is 19.5 Å². The molecule has 2 saturated carbocycles. The van der Waals surface area contributed by atoms with E-state index in [1.54, 1.807) is 64.4 Å². The van der Waals surface area contributed by atoms with Crippen molar-refractivity contribution in [2.75, 3.05) is 52.4 Å². The molecular formula is C88H110Br6N4O22S. The summed E-state index contributed by atoms with van der Waals surface area (Å²) in [5.74, 6) is 0.950. The number of benzene rings is 7. The number of likely N-dealkylation sites (tertiary alicyclic amines) is 3. The molecule has 0 aromatic heterocycles. The third-order valence-electron chi connectivity index (χ3n) is 20.0. The second-order valence-corrected chi connectivity index (χ2v) is 38.4.